The Balaban J connectivity index is 2.09. The van der Waals surface area contributed by atoms with E-state index in [4.69, 9.17) is 5.11 Å². The molecular weight excluding hydrogens is 258 g/mol. The molecule has 5 nitrogen and oxygen atoms in total. The molecule has 2 aliphatic rings. The highest BCUT2D eigenvalue weighted by Crippen LogP contribution is 2.40. The predicted molar refractivity (Wildman–Crippen MR) is 74.1 cm³/mol. The second-order valence-corrected chi connectivity index (χ2v) is 6.14. The van der Waals surface area contributed by atoms with Gasteiger partial charge in [-0.15, -0.1) is 0 Å². The summed E-state index contributed by atoms with van der Waals surface area (Å²) in [6.07, 6.45) is 5.29. The molecule has 0 aromatic rings. The Morgan fingerprint density at radius 3 is 2.30 bits per heavy atom. The fourth-order valence-electron chi connectivity index (χ4n) is 3.51. The Kier molecular flexibility index (Phi) is 5.02. The van der Waals surface area contributed by atoms with Crippen molar-refractivity contribution in [3.63, 3.8) is 0 Å². The Morgan fingerprint density at radius 1 is 1.20 bits per heavy atom. The average Bonchev–Trinajstić information content (AvgIpc) is 2.79. The van der Waals surface area contributed by atoms with Gasteiger partial charge in [0.2, 0.25) is 5.91 Å². The molecule has 2 fully saturated rings. The van der Waals surface area contributed by atoms with Crippen LogP contribution in [0.1, 0.15) is 45.4 Å². The van der Waals surface area contributed by atoms with Gasteiger partial charge >= 0.3 is 5.97 Å². The summed E-state index contributed by atoms with van der Waals surface area (Å²) in [6, 6.07) is 0.213. The minimum absolute atomic E-state index is 0.0490. The van der Waals surface area contributed by atoms with Gasteiger partial charge in [-0.05, 0) is 38.0 Å². The minimum Gasteiger partial charge on any atom is -0.481 e. The first-order valence-electron chi connectivity index (χ1n) is 7.72. The average molecular weight is 283 g/mol. The van der Waals surface area contributed by atoms with E-state index < -0.39 is 17.8 Å². The van der Waals surface area contributed by atoms with E-state index in [1.807, 2.05) is 6.92 Å². The quantitative estimate of drug-likeness (QED) is 0.774. The van der Waals surface area contributed by atoms with E-state index in [-0.39, 0.29) is 18.6 Å². The van der Waals surface area contributed by atoms with Crippen molar-refractivity contribution >= 4 is 11.9 Å². The lowest BCUT2D eigenvalue weighted by Crippen LogP contribution is -2.49. The maximum absolute atomic E-state index is 12.7. The van der Waals surface area contributed by atoms with Crippen LogP contribution in [-0.4, -0.2) is 46.2 Å². The van der Waals surface area contributed by atoms with Crippen LogP contribution < -0.4 is 0 Å². The second-order valence-electron chi connectivity index (χ2n) is 6.14. The van der Waals surface area contributed by atoms with Gasteiger partial charge in [0.05, 0.1) is 18.4 Å². The summed E-state index contributed by atoms with van der Waals surface area (Å²) in [4.78, 5) is 25.8. The summed E-state index contributed by atoms with van der Waals surface area (Å²) in [5.74, 6) is -1.51. The van der Waals surface area contributed by atoms with Gasteiger partial charge in [0.15, 0.2) is 0 Å². The number of carbonyl (C=O) groups is 2. The van der Waals surface area contributed by atoms with Crippen LogP contribution in [0.5, 0.6) is 0 Å². The third-order valence-corrected chi connectivity index (χ3v) is 5.01. The molecular formula is C15H25NO4. The summed E-state index contributed by atoms with van der Waals surface area (Å²) in [5.41, 5.74) is 0. The van der Waals surface area contributed by atoms with Crippen LogP contribution in [0.15, 0.2) is 0 Å². The Labute approximate surface area is 120 Å². The monoisotopic (exact) mass is 283 g/mol. The van der Waals surface area contributed by atoms with E-state index in [1.54, 1.807) is 4.90 Å². The summed E-state index contributed by atoms with van der Waals surface area (Å²) in [7, 11) is 0. The predicted octanol–water partition coefficient (Wildman–Crippen LogP) is 1.50. The maximum Gasteiger partial charge on any atom is 0.307 e. The number of carboxylic acids is 1. The van der Waals surface area contributed by atoms with Crippen LogP contribution >= 0.6 is 0 Å². The van der Waals surface area contributed by atoms with Crippen molar-refractivity contribution < 1.29 is 19.8 Å². The smallest absolute Gasteiger partial charge is 0.307 e. The molecule has 0 aromatic heterocycles. The largest absolute Gasteiger partial charge is 0.481 e. The van der Waals surface area contributed by atoms with Crippen LogP contribution in [0.3, 0.4) is 0 Å². The molecule has 114 valence electrons. The van der Waals surface area contributed by atoms with E-state index >= 15 is 0 Å². The summed E-state index contributed by atoms with van der Waals surface area (Å²) in [6.45, 7) is 2.33. The van der Waals surface area contributed by atoms with Gasteiger partial charge in [0, 0.05) is 12.6 Å². The summed E-state index contributed by atoms with van der Waals surface area (Å²) >= 11 is 0. The molecule has 20 heavy (non-hydrogen) atoms. The fraction of sp³-hybridized carbons (Fsp3) is 0.867. The topological polar surface area (TPSA) is 77.8 Å². The second kappa shape index (κ2) is 6.57. The van der Waals surface area contributed by atoms with Crippen molar-refractivity contribution in [1.29, 1.82) is 0 Å². The van der Waals surface area contributed by atoms with Gasteiger partial charge in [-0.1, -0.05) is 13.3 Å². The highest BCUT2D eigenvalue weighted by Gasteiger charge is 2.45. The van der Waals surface area contributed by atoms with Crippen LogP contribution in [0.4, 0.5) is 0 Å². The van der Waals surface area contributed by atoms with Gasteiger partial charge in [-0.2, -0.15) is 0 Å². The highest BCUT2D eigenvalue weighted by atomic mass is 16.4. The zero-order valence-corrected chi connectivity index (χ0v) is 12.1. The van der Waals surface area contributed by atoms with Crippen molar-refractivity contribution in [2.75, 3.05) is 13.2 Å². The first-order chi connectivity index (χ1) is 9.58. The van der Waals surface area contributed by atoms with Crippen LogP contribution in [-0.2, 0) is 9.59 Å². The number of amides is 1. The van der Waals surface area contributed by atoms with Crippen LogP contribution in [0, 0.1) is 17.8 Å². The third-order valence-electron chi connectivity index (χ3n) is 5.01. The number of nitrogens with zero attached hydrogens (tertiary/aromatic N) is 1. The lowest BCUT2D eigenvalue weighted by molar-refractivity contribution is -0.151. The van der Waals surface area contributed by atoms with Crippen molar-refractivity contribution in [2.24, 2.45) is 17.8 Å². The molecule has 2 aliphatic carbocycles. The third kappa shape index (κ3) is 2.97. The molecule has 0 spiro atoms. The molecule has 0 saturated heterocycles. The maximum atomic E-state index is 12.7. The highest BCUT2D eigenvalue weighted by molar-refractivity contribution is 5.85. The van der Waals surface area contributed by atoms with Crippen molar-refractivity contribution in [3.05, 3.63) is 0 Å². The van der Waals surface area contributed by atoms with Crippen molar-refractivity contribution in [1.82, 2.24) is 4.90 Å². The van der Waals surface area contributed by atoms with Gasteiger partial charge < -0.3 is 15.1 Å². The van der Waals surface area contributed by atoms with Crippen molar-refractivity contribution in [3.8, 4) is 0 Å². The van der Waals surface area contributed by atoms with Gasteiger partial charge in [0.1, 0.15) is 0 Å². The molecule has 0 aromatic carbocycles. The first kappa shape index (κ1) is 15.3. The molecule has 0 heterocycles. The lowest BCUT2D eigenvalue weighted by atomic mass is 9.88. The van der Waals surface area contributed by atoms with Crippen molar-refractivity contribution in [2.45, 2.75) is 51.5 Å². The number of aliphatic carboxylic acids is 1. The first-order valence-corrected chi connectivity index (χ1v) is 7.72. The van der Waals surface area contributed by atoms with E-state index in [1.165, 1.54) is 0 Å². The standard InChI is InChI=1S/C15H25NO4/c1-2-10-8-12(13(9-10)15(19)20)14(18)16(6-7-17)11-4-3-5-11/h10-13,17H,2-9H2,1H3,(H,19,20). The molecule has 3 atom stereocenters. The molecule has 3 unspecified atom stereocenters. The van der Waals surface area contributed by atoms with Gasteiger partial charge in [-0.25, -0.2) is 0 Å². The van der Waals surface area contributed by atoms with E-state index in [9.17, 15) is 14.7 Å². The SMILES string of the molecule is CCC1CC(C(=O)O)C(C(=O)N(CCO)C2CCC2)C1. The molecule has 0 radical (unpaired) electrons. The summed E-state index contributed by atoms with van der Waals surface area (Å²) < 4.78 is 0. The number of hydrogen-bond donors (Lipinski definition) is 2. The molecule has 2 N–H and O–H groups in total. The molecule has 2 rings (SSSR count). The number of carbonyl (C=O) groups excluding carboxylic acids is 1. The molecule has 0 aliphatic heterocycles. The Morgan fingerprint density at radius 2 is 1.85 bits per heavy atom. The van der Waals surface area contributed by atoms with E-state index in [0.29, 0.717) is 25.3 Å². The zero-order chi connectivity index (χ0) is 14.7. The fourth-order valence-corrected chi connectivity index (χ4v) is 3.51. The lowest BCUT2D eigenvalue weighted by Gasteiger charge is -2.39. The van der Waals surface area contributed by atoms with Gasteiger partial charge in [0.25, 0.3) is 0 Å². The summed E-state index contributed by atoms with van der Waals surface area (Å²) in [5, 5.41) is 18.5. The normalized spacial score (nSPS) is 30.0. The van der Waals surface area contributed by atoms with E-state index in [2.05, 4.69) is 0 Å². The van der Waals surface area contributed by atoms with Crippen LogP contribution in [0.25, 0.3) is 0 Å². The zero-order valence-electron chi connectivity index (χ0n) is 12.1. The molecule has 0 bridgehead atoms. The number of carboxylic acid groups (broad SMARTS) is 1. The molecule has 5 heteroatoms. The van der Waals surface area contributed by atoms with Crippen LogP contribution in [0.2, 0.25) is 0 Å². The Hall–Kier alpha value is -1.10. The minimum atomic E-state index is -0.850. The number of rotatable bonds is 6. The van der Waals surface area contributed by atoms with Gasteiger partial charge in [-0.3, -0.25) is 9.59 Å². The molecule has 2 saturated carbocycles. The molecule has 1 amide bonds. The number of aliphatic hydroxyl groups excluding tert-OH is 1. The number of aliphatic hydroxyl groups is 1. The van der Waals surface area contributed by atoms with E-state index in [0.717, 1.165) is 25.7 Å². The number of hydrogen-bond acceptors (Lipinski definition) is 3. The Bertz CT molecular complexity index is 367.